The SMILES string of the molecule is CN[C@H](CC(C)C)C(=O)N[C@H]1C(=O)N[C@@H](CC#N)C(=O)N[C@H]2C(=O)N[C@H]3C(=O)NC(C(=O)N[C@H](CO)c4cc(OC)cc(OC)c4-c4cc3ccc4OC)[C@H](O)c3ccc(c(Cl)c3)Oc3cc2cc(c3OC)Oc2ccc(cc2Cl)[C@H]1O. The van der Waals surface area contributed by atoms with Crippen molar-refractivity contribution >= 4 is 58.6 Å². The molecule has 5 aliphatic rings. The van der Waals surface area contributed by atoms with E-state index in [9.17, 15) is 39.8 Å². The van der Waals surface area contributed by atoms with Crippen LogP contribution in [0.3, 0.4) is 0 Å². The number of aliphatic hydroxyl groups is 3. The van der Waals surface area contributed by atoms with Gasteiger partial charge >= 0.3 is 0 Å². The van der Waals surface area contributed by atoms with Crippen LogP contribution >= 0.6 is 23.2 Å². The fraction of sp³-hybridized carbons (Fsp3) is 0.351. The lowest BCUT2D eigenvalue weighted by Crippen LogP contribution is -2.58. The smallest absolute Gasteiger partial charge is 0.248 e. The molecule has 11 bridgehead atoms. The zero-order valence-electron chi connectivity index (χ0n) is 45.3. The van der Waals surface area contributed by atoms with Gasteiger partial charge in [-0.3, -0.25) is 28.8 Å². The molecule has 0 saturated carbocycles. The van der Waals surface area contributed by atoms with Crippen LogP contribution < -0.4 is 65.6 Å². The molecule has 23 nitrogen and oxygen atoms in total. The lowest BCUT2D eigenvalue weighted by Gasteiger charge is -2.32. The molecule has 0 radical (unpaired) electrons. The fourth-order valence-electron chi connectivity index (χ4n) is 9.87. The predicted octanol–water partition coefficient (Wildman–Crippen LogP) is 4.55. The van der Waals surface area contributed by atoms with E-state index in [4.69, 9.17) is 51.6 Å². The van der Waals surface area contributed by atoms with Crippen LogP contribution in [0.2, 0.25) is 10.0 Å². The number of benzene rings is 5. The van der Waals surface area contributed by atoms with Gasteiger partial charge in [0.25, 0.3) is 0 Å². The van der Waals surface area contributed by atoms with Crippen LogP contribution in [0.15, 0.2) is 78.9 Å². The molecule has 5 heterocycles. The van der Waals surface area contributed by atoms with Gasteiger partial charge in [0.2, 0.25) is 41.2 Å². The Morgan fingerprint density at radius 2 is 1.24 bits per heavy atom. The van der Waals surface area contributed by atoms with Gasteiger partial charge in [-0.2, -0.15) is 5.26 Å². The Kier molecular flexibility index (Phi) is 18.7. The molecule has 0 aliphatic carbocycles. The molecule has 6 amide bonds. The van der Waals surface area contributed by atoms with E-state index in [1.165, 1.54) is 95.2 Å². The molecule has 10 N–H and O–H groups in total. The van der Waals surface area contributed by atoms with Gasteiger partial charge in [-0.1, -0.05) is 55.2 Å². The number of nitrogens with one attached hydrogen (secondary N) is 7. The first-order valence-electron chi connectivity index (χ1n) is 25.7. The van der Waals surface area contributed by atoms with Crippen molar-refractivity contribution in [3.8, 4) is 63.2 Å². The predicted molar refractivity (Wildman–Crippen MR) is 296 cm³/mol. The molecule has 5 aliphatic heterocycles. The van der Waals surface area contributed by atoms with Crippen LogP contribution in [0.5, 0.6) is 46.0 Å². The lowest BCUT2D eigenvalue weighted by atomic mass is 9.89. The van der Waals surface area contributed by atoms with Gasteiger partial charge in [0.05, 0.1) is 69.7 Å². The summed E-state index contributed by atoms with van der Waals surface area (Å²) in [5, 5.41) is 63.7. The number of methoxy groups -OCH3 is 4. The van der Waals surface area contributed by atoms with Crippen molar-refractivity contribution < 1.29 is 72.5 Å². The number of carbonyl (C=O) groups excluding carboxylic acids is 6. The van der Waals surface area contributed by atoms with Gasteiger partial charge in [0.15, 0.2) is 11.5 Å². The maximum absolute atomic E-state index is 15.6. The molecule has 5 aromatic carbocycles. The Bertz CT molecular complexity index is 3360. The second-order valence-corrected chi connectivity index (χ2v) is 20.6. The Labute approximate surface area is 480 Å². The number of rotatable bonds is 11. The summed E-state index contributed by atoms with van der Waals surface area (Å²) in [5.41, 5.74) is 0.652. The van der Waals surface area contributed by atoms with Crippen LogP contribution in [0, 0.1) is 17.2 Å². The van der Waals surface area contributed by atoms with Crippen molar-refractivity contribution in [2.75, 3.05) is 42.1 Å². The van der Waals surface area contributed by atoms with E-state index in [0.717, 1.165) is 0 Å². The van der Waals surface area contributed by atoms with Crippen molar-refractivity contribution in [3.63, 3.8) is 0 Å². The summed E-state index contributed by atoms with van der Waals surface area (Å²) in [5.74, 6) is -6.22. The largest absolute Gasteiger partial charge is 0.497 e. The highest BCUT2D eigenvalue weighted by Gasteiger charge is 2.41. The van der Waals surface area contributed by atoms with Crippen molar-refractivity contribution in [2.45, 2.75) is 81.2 Å². The number of hydrogen-bond acceptors (Lipinski definition) is 17. The van der Waals surface area contributed by atoms with E-state index in [-0.39, 0.29) is 101 Å². The van der Waals surface area contributed by atoms with Crippen LogP contribution in [0.25, 0.3) is 11.1 Å². The van der Waals surface area contributed by atoms with E-state index in [2.05, 4.69) is 37.2 Å². The molecule has 5 aromatic rings. The number of nitriles is 1. The van der Waals surface area contributed by atoms with Gasteiger partial charge in [-0.15, -0.1) is 0 Å². The highest BCUT2D eigenvalue weighted by atomic mass is 35.5. The van der Waals surface area contributed by atoms with Crippen molar-refractivity contribution in [3.05, 3.63) is 117 Å². The molecule has 82 heavy (non-hydrogen) atoms. The molecule has 25 heteroatoms. The summed E-state index contributed by atoms with van der Waals surface area (Å²) < 4.78 is 36.0. The number of nitrogens with zero attached hydrogens (tertiary/aromatic N) is 1. The summed E-state index contributed by atoms with van der Waals surface area (Å²) >= 11 is 13.8. The number of aliphatic hydroxyl groups excluding tert-OH is 3. The van der Waals surface area contributed by atoms with Gasteiger partial charge in [-0.25, -0.2) is 0 Å². The summed E-state index contributed by atoms with van der Waals surface area (Å²) in [6.45, 7) is 3.05. The van der Waals surface area contributed by atoms with Gasteiger partial charge in [0, 0.05) is 17.2 Å². The monoisotopic (exact) mass is 1170 g/mol. The second-order valence-electron chi connectivity index (χ2n) is 19.8. The van der Waals surface area contributed by atoms with Gasteiger partial charge in [0.1, 0.15) is 71.2 Å². The highest BCUT2D eigenvalue weighted by Crippen LogP contribution is 2.48. The quantitative estimate of drug-likeness (QED) is 0.0867. The third kappa shape index (κ3) is 12.4. The van der Waals surface area contributed by atoms with Crippen LogP contribution in [-0.2, 0) is 28.8 Å². The normalized spacial score (nSPS) is 22.0. The first kappa shape index (κ1) is 59.7. The van der Waals surface area contributed by atoms with E-state index in [1.54, 1.807) is 19.2 Å². The zero-order valence-corrected chi connectivity index (χ0v) is 46.9. The van der Waals surface area contributed by atoms with Crippen LogP contribution in [0.4, 0.5) is 0 Å². The number of ether oxygens (including phenoxy) is 6. The molecule has 0 aromatic heterocycles. The highest BCUT2D eigenvalue weighted by molar-refractivity contribution is 6.32. The lowest BCUT2D eigenvalue weighted by molar-refractivity contribution is -0.137. The Hall–Kier alpha value is -8.37. The third-order valence-corrected chi connectivity index (χ3v) is 14.7. The summed E-state index contributed by atoms with van der Waals surface area (Å²) in [4.78, 5) is 88.9. The Balaban J connectivity index is 1.38. The second kappa shape index (κ2) is 25.6. The third-order valence-electron chi connectivity index (χ3n) is 14.1. The average molecular weight is 1170 g/mol. The minimum absolute atomic E-state index is 0.00141. The Morgan fingerprint density at radius 3 is 1.80 bits per heavy atom. The Morgan fingerprint density at radius 1 is 0.659 bits per heavy atom. The number of fused-ring (bicyclic) bond motifs is 15. The number of hydrogen-bond donors (Lipinski definition) is 10. The maximum atomic E-state index is 15.6. The van der Waals surface area contributed by atoms with E-state index in [0.29, 0.717) is 6.42 Å². The fourth-order valence-corrected chi connectivity index (χ4v) is 10.3. The molecule has 10 rings (SSSR count). The van der Waals surface area contributed by atoms with Crippen molar-refractivity contribution in [1.82, 2.24) is 37.2 Å². The molecule has 0 fully saturated rings. The van der Waals surface area contributed by atoms with Gasteiger partial charge in [-0.05, 0) is 102 Å². The van der Waals surface area contributed by atoms with Crippen LogP contribution in [-0.4, -0.2) is 117 Å². The number of likely N-dealkylation sites (N-methyl/N-ethyl adjacent to an activating group) is 1. The number of halogens is 2. The van der Waals surface area contributed by atoms with E-state index >= 15 is 9.59 Å². The zero-order chi connectivity index (χ0) is 59.3. The summed E-state index contributed by atoms with van der Waals surface area (Å²) in [6.07, 6.45) is -4.13. The van der Waals surface area contributed by atoms with E-state index < -0.39 is 103 Å². The molecular formula is C57H60Cl2N8O15. The number of amides is 6. The maximum Gasteiger partial charge on any atom is 0.248 e. The first-order valence-corrected chi connectivity index (χ1v) is 26.5. The minimum atomic E-state index is -1.96. The summed E-state index contributed by atoms with van der Waals surface area (Å²) in [7, 11) is 6.99. The minimum Gasteiger partial charge on any atom is -0.497 e. The van der Waals surface area contributed by atoms with Crippen molar-refractivity contribution in [1.29, 1.82) is 5.26 Å². The molecule has 1 unspecified atom stereocenters. The number of carbonyl (C=O) groups is 6. The van der Waals surface area contributed by atoms with Crippen molar-refractivity contribution in [2.24, 2.45) is 5.92 Å². The molecular weight excluding hydrogens is 1110 g/mol. The topological polar surface area (TPSA) is 326 Å². The molecule has 0 saturated heterocycles. The molecule has 432 valence electrons. The standard InChI is InChI=1S/C57H60Cl2N8O15/c1-25(2)16-36(61-3)53(72)66-47-49(69)27-9-12-39(33(58)18-27)81-42-20-29-21-43(51(42)80-7)82-40-13-10-28(19-34(40)59)50(70)48-57(76)63-37(24-68)31-22-30(77-4)23-41(79-6)44(31)32-17-26(8-11-38(32)78-5)45(54(73)67-48)65-55(74)46(29)64-52(71)35(14-15-60)62-56(47)75/h8-13,17-23,25,35-37,45-50,61,68-70H,14,16,24H2,1-7H3,(H,62,75)(H,63,76)(H,64,71)(H,65,74)(H,66,72)(H,67,73)/t35-,36+,37+,45+,46+,47+,48?,49+,50+/m0/s1. The first-order chi connectivity index (χ1) is 39.2. The average Bonchev–Trinajstić information content (AvgIpc) is 3.08. The van der Waals surface area contributed by atoms with Gasteiger partial charge < -0.3 is 81.0 Å². The van der Waals surface area contributed by atoms with Crippen LogP contribution in [0.1, 0.15) is 84.8 Å². The summed E-state index contributed by atoms with van der Waals surface area (Å²) in [6, 6.07) is 8.61. The molecule has 0 spiro atoms. The molecule has 9 atom stereocenters. The van der Waals surface area contributed by atoms with E-state index in [1.807, 2.05) is 19.9 Å².